The van der Waals surface area contributed by atoms with Gasteiger partial charge < -0.3 is 5.32 Å². The van der Waals surface area contributed by atoms with Gasteiger partial charge in [0.05, 0.1) is 5.02 Å². The maximum absolute atomic E-state index is 6.04. The van der Waals surface area contributed by atoms with E-state index in [1.807, 2.05) is 18.2 Å². The van der Waals surface area contributed by atoms with Crippen LogP contribution in [0.3, 0.4) is 0 Å². The Hall–Kier alpha value is -1.13. The summed E-state index contributed by atoms with van der Waals surface area (Å²) in [7, 11) is 0. The number of fused-ring (bicyclic) bond motifs is 1. The number of nitrogens with zero attached hydrogens (tertiary/aromatic N) is 2. The number of nitrogens with one attached hydrogen (secondary N) is 1. The molecule has 1 aliphatic rings. The largest absolute Gasteiger partial charge is 0.370 e. The molecule has 0 saturated carbocycles. The van der Waals surface area contributed by atoms with E-state index in [9.17, 15) is 0 Å². The highest BCUT2D eigenvalue weighted by Gasteiger charge is 2.19. The van der Waals surface area contributed by atoms with Crippen LogP contribution in [0.25, 0.3) is 11.4 Å². The molecule has 1 heterocycles. The molecule has 20 heavy (non-hydrogen) atoms. The average molecular weight is 353 g/mol. The Balaban J connectivity index is 2.09. The lowest BCUT2D eigenvalue weighted by molar-refractivity contribution is 0.900. The van der Waals surface area contributed by atoms with Gasteiger partial charge in [0.25, 0.3) is 0 Å². The van der Waals surface area contributed by atoms with Crippen molar-refractivity contribution in [2.75, 3.05) is 11.9 Å². The normalized spacial score (nSPS) is 13.3. The van der Waals surface area contributed by atoms with Gasteiger partial charge in [0.15, 0.2) is 5.82 Å². The Morgan fingerprint density at radius 2 is 2.15 bits per heavy atom. The van der Waals surface area contributed by atoms with E-state index < -0.39 is 0 Å². The van der Waals surface area contributed by atoms with Gasteiger partial charge in [0.1, 0.15) is 5.82 Å². The van der Waals surface area contributed by atoms with Crippen molar-refractivity contribution in [1.82, 2.24) is 9.97 Å². The summed E-state index contributed by atoms with van der Waals surface area (Å²) in [6.07, 6.45) is 3.27. The second-order valence-electron chi connectivity index (χ2n) is 4.83. The molecule has 2 aromatic rings. The van der Waals surface area contributed by atoms with Gasteiger partial charge in [0, 0.05) is 27.8 Å². The minimum Gasteiger partial charge on any atom is -0.370 e. The van der Waals surface area contributed by atoms with Gasteiger partial charge in [-0.3, -0.25) is 0 Å². The monoisotopic (exact) mass is 351 g/mol. The van der Waals surface area contributed by atoms with Crippen LogP contribution in [0.4, 0.5) is 5.82 Å². The maximum atomic E-state index is 6.04. The van der Waals surface area contributed by atoms with Crippen LogP contribution in [-0.2, 0) is 12.8 Å². The van der Waals surface area contributed by atoms with Gasteiger partial charge in [0.2, 0.25) is 0 Å². The average Bonchev–Trinajstić information content (AvgIpc) is 2.90. The Morgan fingerprint density at radius 1 is 1.30 bits per heavy atom. The summed E-state index contributed by atoms with van der Waals surface area (Å²) in [6, 6.07) is 5.79. The first-order valence-corrected chi connectivity index (χ1v) is 7.95. The number of aromatic nitrogens is 2. The van der Waals surface area contributed by atoms with Crippen LogP contribution in [0, 0.1) is 0 Å². The smallest absolute Gasteiger partial charge is 0.161 e. The number of aryl methyl sites for hydroxylation is 1. The molecule has 0 saturated heterocycles. The summed E-state index contributed by atoms with van der Waals surface area (Å²) < 4.78 is 0.866. The molecule has 5 heteroatoms. The molecule has 0 aliphatic heterocycles. The van der Waals surface area contributed by atoms with E-state index in [0.717, 1.165) is 47.5 Å². The van der Waals surface area contributed by atoms with Crippen LogP contribution in [0.2, 0.25) is 5.02 Å². The van der Waals surface area contributed by atoms with E-state index >= 15 is 0 Å². The quantitative estimate of drug-likeness (QED) is 0.885. The molecule has 104 valence electrons. The van der Waals surface area contributed by atoms with E-state index in [4.69, 9.17) is 16.6 Å². The molecule has 0 fully saturated rings. The van der Waals surface area contributed by atoms with Crippen LogP contribution < -0.4 is 5.32 Å². The molecule has 0 radical (unpaired) electrons. The van der Waals surface area contributed by atoms with Gasteiger partial charge in [-0.15, -0.1) is 0 Å². The third kappa shape index (κ3) is 2.54. The molecule has 0 unspecified atom stereocenters. The first-order valence-electron chi connectivity index (χ1n) is 6.78. The molecular weight excluding hydrogens is 338 g/mol. The van der Waals surface area contributed by atoms with Crippen LogP contribution in [-0.4, -0.2) is 16.5 Å². The van der Waals surface area contributed by atoms with Crippen LogP contribution in [0.5, 0.6) is 0 Å². The molecule has 0 spiro atoms. The Labute approximate surface area is 131 Å². The Morgan fingerprint density at radius 3 is 2.90 bits per heavy atom. The van der Waals surface area contributed by atoms with E-state index in [2.05, 4.69) is 33.2 Å². The van der Waals surface area contributed by atoms with Crippen molar-refractivity contribution in [3.8, 4) is 11.4 Å². The van der Waals surface area contributed by atoms with Crippen LogP contribution in [0.15, 0.2) is 22.7 Å². The summed E-state index contributed by atoms with van der Waals surface area (Å²) in [5.74, 6) is 1.75. The zero-order valence-corrected chi connectivity index (χ0v) is 13.6. The second kappa shape index (κ2) is 5.70. The van der Waals surface area contributed by atoms with E-state index in [0.29, 0.717) is 5.02 Å². The number of anilines is 1. The number of hydrogen-bond acceptors (Lipinski definition) is 3. The number of halogens is 2. The van der Waals surface area contributed by atoms with Crippen molar-refractivity contribution in [3.63, 3.8) is 0 Å². The summed E-state index contributed by atoms with van der Waals surface area (Å²) in [5, 5.41) is 4.05. The molecule has 0 atom stereocenters. The van der Waals surface area contributed by atoms with Crippen LogP contribution in [0.1, 0.15) is 24.6 Å². The zero-order chi connectivity index (χ0) is 14.1. The Kier molecular flexibility index (Phi) is 3.94. The third-order valence-corrected chi connectivity index (χ3v) is 4.67. The van der Waals surface area contributed by atoms with Crippen LogP contribution >= 0.6 is 27.5 Å². The van der Waals surface area contributed by atoms with Crippen molar-refractivity contribution >= 4 is 33.3 Å². The van der Waals surface area contributed by atoms with Crippen molar-refractivity contribution in [3.05, 3.63) is 39.0 Å². The third-order valence-electron chi connectivity index (χ3n) is 3.46. The van der Waals surface area contributed by atoms with E-state index in [1.165, 1.54) is 11.3 Å². The predicted octanol–water partition coefficient (Wildman–Crippen LogP) is 4.48. The molecule has 1 aromatic heterocycles. The summed E-state index contributed by atoms with van der Waals surface area (Å²) >= 11 is 9.49. The highest BCUT2D eigenvalue weighted by Crippen LogP contribution is 2.31. The molecule has 0 bridgehead atoms. The number of rotatable bonds is 3. The van der Waals surface area contributed by atoms with E-state index in [-0.39, 0.29) is 0 Å². The lowest BCUT2D eigenvalue weighted by Crippen LogP contribution is -2.06. The van der Waals surface area contributed by atoms with Gasteiger partial charge in [-0.05, 0) is 60.3 Å². The van der Waals surface area contributed by atoms with Crippen molar-refractivity contribution in [2.45, 2.75) is 26.2 Å². The van der Waals surface area contributed by atoms with Gasteiger partial charge in [-0.2, -0.15) is 0 Å². The number of benzene rings is 1. The zero-order valence-electron chi connectivity index (χ0n) is 11.2. The lowest BCUT2D eigenvalue weighted by atomic mass is 10.2. The summed E-state index contributed by atoms with van der Waals surface area (Å²) in [6.45, 7) is 2.95. The molecular formula is C15H15BrClN3. The molecule has 1 aliphatic carbocycles. The first kappa shape index (κ1) is 13.8. The molecule has 3 nitrogen and oxygen atoms in total. The van der Waals surface area contributed by atoms with Crippen molar-refractivity contribution < 1.29 is 0 Å². The molecule has 3 rings (SSSR count). The topological polar surface area (TPSA) is 37.8 Å². The minimum absolute atomic E-state index is 0.696. The van der Waals surface area contributed by atoms with Gasteiger partial charge >= 0.3 is 0 Å². The van der Waals surface area contributed by atoms with Crippen molar-refractivity contribution in [2.24, 2.45) is 0 Å². The first-order chi connectivity index (χ1) is 9.69. The standard InChI is InChI=1S/C15H15BrClN3/c1-2-18-15-10-4-3-5-13(10)19-14(20-15)9-6-7-12(17)11(16)8-9/h6-8H,2-5H2,1H3,(H,18,19,20). The fourth-order valence-corrected chi connectivity index (χ4v) is 3.01. The fraction of sp³-hybridized carbons (Fsp3) is 0.333. The Bertz CT molecular complexity index is 658. The van der Waals surface area contributed by atoms with Crippen molar-refractivity contribution in [1.29, 1.82) is 0 Å². The van der Waals surface area contributed by atoms with Gasteiger partial charge in [-0.25, -0.2) is 9.97 Å². The van der Waals surface area contributed by atoms with E-state index in [1.54, 1.807) is 0 Å². The van der Waals surface area contributed by atoms with Gasteiger partial charge in [-0.1, -0.05) is 11.6 Å². The maximum Gasteiger partial charge on any atom is 0.161 e. The molecule has 1 aromatic carbocycles. The summed E-state index contributed by atoms with van der Waals surface area (Å²) in [4.78, 5) is 9.41. The molecule has 0 amide bonds. The molecule has 1 N–H and O–H groups in total. The summed E-state index contributed by atoms with van der Waals surface area (Å²) in [5.41, 5.74) is 3.44. The highest BCUT2D eigenvalue weighted by atomic mass is 79.9. The lowest BCUT2D eigenvalue weighted by Gasteiger charge is -2.11. The highest BCUT2D eigenvalue weighted by molar-refractivity contribution is 9.10. The SMILES string of the molecule is CCNc1nc(-c2ccc(Cl)c(Br)c2)nc2c1CCC2. The predicted molar refractivity (Wildman–Crippen MR) is 86.4 cm³/mol. The number of hydrogen-bond donors (Lipinski definition) is 1. The minimum atomic E-state index is 0.696. The fourth-order valence-electron chi connectivity index (χ4n) is 2.51. The second-order valence-corrected chi connectivity index (χ2v) is 6.10.